The molecule has 1 aliphatic rings. The summed E-state index contributed by atoms with van der Waals surface area (Å²) in [5.41, 5.74) is 2.48. The molecular formula is C14H15N3OS. The van der Waals surface area contributed by atoms with Crippen LogP contribution in [-0.2, 0) is 6.54 Å². The minimum atomic E-state index is 0.0828. The molecule has 1 aliphatic carbocycles. The molecule has 0 N–H and O–H groups in total. The SMILES string of the molecule is Cc1nscc1C(=O)N(Cc1ccccn1)C1CC1. The highest BCUT2D eigenvalue weighted by atomic mass is 32.1. The molecular weight excluding hydrogens is 258 g/mol. The first-order valence-electron chi connectivity index (χ1n) is 6.37. The number of pyridine rings is 1. The van der Waals surface area contributed by atoms with Gasteiger partial charge in [0.05, 0.1) is 23.5 Å². The summed E-state index contributed by atoms with van der Waals surface area (Å²) in [5, 5.41) is 1.84. The van der Waals surface area contributed by atoms with Gasteiger partial charge in [-0.05, 0) is 43.4 Å². The second kappa shape index (κ2) is 5.09. The van der Waals surface area contributed by atoms with Crippen molar-refractivity contribution >= 4 is 17.4 Å². The molecule has 4 nitrogen and oxygen atoms in total. The minimum Gasteiger partial charge on any atom is -0.330 e. The largest absolute Gasteiger partial charge is 0.330 e. The second-order valence-electron chi connectivity index (χ2n) is 4.80. The quantitative estimate of drug-likeness (QED) is 0.860. The van der Waals surface area contributed by atoms with Gasteiger partial charge in [-0.3, -0.25) is 9.78 Å². The summed E-state index contributed by atoms with van der Waals surface area (Å²) in [7, 11) is 0. The van der Waals surface area contributed by atoms with Gasteiger partial charge in [0.15, 0.2) is 0 Å². The van der Waals surface area contributed by atoms with E-state index in [0.29, 0.717) is 12.6 Å². The van der Waals surface area contributed by atoms with E-state index in [4.69, 9.17) is 0 Å². The van der Waals surface area contributed by atoms with Gasteiger partial charge >= 0.3 is 0 Å². The third kappa shape index (κ3) is 2.66. The Morgan fingerprint density at radius 1 is 1.47 bits per heavy atom. The number of amides is 1. The number of nitrogens with zero attached hydrogens (tertiary/aromatic N) is 3. The van der Waals surface area contributed by atoms with E-state index in [1.54, 1.807) is 6.20 Å². The van der Waals surface area contributed by atoms with Gasteiger partial charge in [0.2, 0.25) is 0 Å². The Balaban J connectivity index is 1.82. The van der Waals surface area contributed by atoms with Crippen LogP contribution in [0.4, 0.5) is 0 Å². The van der Waals surface area contributed by atoms with Crippen LogP contribution in [0, 0.1) is 6.92 Å². The molecule has 2 aromatic heterocycles. The monoisotopic (exact) mass is 273 g/mol. The third-order valence-electron chi connectivity index (χ3n) is 3.29. The third-order valence-corrected chi connectivity index (χ3v) is 4.01. The van der Waals surface area contributed by atoms with Crippen molar-refractivity contribution in [2.24, 2.45) is 0 Å². The normalized spacial score (nSPS) is 14.4. The summed E-state index contributed by atoms with van der Waals surface area (Å²) in [6.45, 7) is 2.47. The summed E-state index contributed by atoms with van der Waals surface area (Å²) in [6, 6.07) is 6.17. The summed E-state index contributed by atoms with van der Waals surface area (Å²) in [4.78, 5) is 18.8. The zero-order valence-corrected chi connectivity index (χ0v) is 11.6. The Labute approximate surface area is 116 Å². The van der Waals surface area contributed by atoms with E-state index in [1.807, 2.05) is 35.4 Å². The van der Waals surface area contributed by atoms with E-state index < -0.39 is 0 Å². The molecule has 2 heterocycles. The lowest BCUT2D eigenvalue weighted by atomic mass is 10.2. The van der Waals surface area contributed by atoms with Crippen LogP contribution < -0.4 is 0 Å². The van der Waals surface area contributed by atoms with Gasteiger partial charge in [0.25, 0.3) is 5.91 Å². The molecule has 3 rings (SSSR count). The summed E-state index contributed by atoms with van der Waals surface area (Å²) in [5.74, 6) is 0.0828. The highest BCUT2D eigenvalue weighted by Crippen LogP contribution is 2.30. The smallest absolute Gasteiger partial charge is 0.257 e. The van der Waals surface area contributed by atoms with Gasteiger partial charge in [-0.1, -0.05) is 6.07 Å². The number of hydrogen-bond donors (Lipinski definition) is 0. The highest BCUT2D eigenvalue weighted by Gasteiger charge is 2.34. The molecule has 0 unspecified atom stereocenters. The molecule has 0 radical (unpaired) electrons. The molecule has 1 amide bonds. The molecule has 0 spiro atoms. The zero-order valence-electron chi connectivity index (χ0n) is 10.7. The zero-order chi connectivity index (χ0) is 13.2. The summed E-state index contributed by atoms with van der Waals surface area (Å²) in [6.07, 6.45) is 3.95. The molecule has 0 aromatic carbocycles. The Kier molecular flexibility index (Phi) is 3.29. The summed E-state index contributed by atoms with van der Waals surface area (Å²) >= 11 is 1.34. The van der Waals surface area contributed by atoms with Gasteiger partial charge in [-0.2, -0.15) is 4.37 Å². The van der Waals surface area contributed by atoms with Crippen LogP contribution in [0.3, 0.4) is 0 Å². The first-order chi connectivity index (χ1) is 9.25. The van der Waals surface area contributed by atoms with Crippen molar-refractivity contribution in [1.29, 1.82) is 0 Å². The van der Waals surface area contributed by atoms with Crippen molar-refractivity contribution in [3.8, 4) is 0 Å². The van der Waals surface area contributed by atoms with Crippen LogP contribution >= 0.6 is 11.5 Å². The van der Waals surface area contributed by atoms with E-state index in [-0.39, 0.29) is 5.91 Å². The lowest BCUT2D eigenvalue weighted by Crippen LogP contribution is -2.33. The van der Waals surface area contributed by atoms with Crippen molar-refractivity contribution in [1.82, 2.24) is 14.3 Å². The first kappa shape index (κ1) is 12.3. The number of carbonyl (C=O) groups is 1. The van der Waals surface area contributed by atoms with E-state index in [1.165, 1.54) is 11.5 Å². The first-order valence-corrected chi connectivity index (χ1v) is 7.21. The molecule has 0 atom stereocenters. The van der Waals surface area contributed by atoms with Gasteiger partial charge in [0, 0.05) is 17.6 Å². The van der Waals surface area contributed by atoms with E-state index >= 15 is 0 Å². The molecule has 1 fully saturated rings. The van der Waals surface area contributed by atoms with Crippen molar-refractivity contribution in [3.63, 3.8) is 0 Å². The van der Waals surface area contributed by atoms with E-state index in [9.17, 15) is 4.79 Å². The fraction of sp³-hybridized carbons (Fsp3) is 0.357. The maximum atomic E-state index is 12.6. The van der Waals surface area contributed by atoms with Crippen LogP contribution in [-0.4, -0.2) is 26.2 Å². The number of rotatable bonds is 4. The number of hydrogen-bond acceptors (Lipinski definition) is 4. The van der Waals surface area contributed by atoms with Crippen molar-refractivity contribution in [3.05, 3.63) is 46.7 Å². The van der Waals surface area contributed by atoms with Crippen LogP contribution in [0.5, 0.6) is 0 Å². The van der Waals surface area contributed by atoms with Crippen LogP contribution in [0.15, 0.2) is 29.8 Å². The lowest BCUT2D eigenvalue weighted by molar-refractivity contribution is 0.0727. The predicted molar refractivity (Wildman–Crippen MR) is 74.0 cm³/mol. The Bertz CT molecular complexity index is 577. The standard InChI is InChI=1S/C14H15N3OS/c1-10-13(9-19-16-10)14(18)17(12-5-6-12)8-11-4-2-3-7-15-11/h2-4,7,9,12H,5-6,8H2,1H3. The predicted octanol–water partition coefficient (Wildman–Crippen LogP) is 2.65. The van der Waals surface area contributed by atoms with E-state index in [2.05, 4.69) is 9.36 Å². The topological polar surface area (TPSA) is 46.1 Å². The van der Waals surface area contributed by atoms with Gasteiger partial charge in [-0.15, -0.1) is 0 Å². The van der Waals surface area contributed by atoms with Crippen LogP contribution in [0.2, 0.25) is 0 Å². The molecule has 5 heteroatoms. The number of carbonyl (C=O) groups excluding carboxylic acids is 1. The van der Waals surface area contributed by atoms with E-state index in [0.717, 1.165) is 29.8 Å². The fourth-order valence-corrected chi connectivity index (χ4v) is 2.76. The van der Waals surface area contributed by atoms with Gasteiger partial charge in [-0.25, -0.2) is 0 Å². The average Bonchev–Trinajstić information content (AvgIpc) is 3.18. The Morgan fingerprint density at radius 3 is 2.89 bits per heavy atom. The summed E-state index contributed by atoms with van der Waals surface area (Å²) < 4.78 is 4.19. The molecule has 0 aliphatic heterocycles. The molecule has 0 bridgehead atoms. The molecule has 98 valence electrons. The van der Waals surface area contributed by atoms with Crippen molar-refractivity contribution in [2.75, 3.05) is 0 Å². The second-order valence-corrected chi connectivity index (χ2v) is 5.43. The van der Waals surface area contributed by atoms with Crippen molar-refractivity contribution < 1.29 is 4.79 Å². The minimum absolute atomic E-state index is 0.0828. The number of aryl methyl sites for hydroxylation is 1. The Hall–Kier alpha value is -1.75. The Morgan fingerprint density at radius 2 is 2.32 bits per heavy atom. The fourth-order valence-electron chi connectivity index (χ4n) is 2.07. The maximum Gasteiger partial charge on any atom is 0.257 e. The van der Waals surface area contributed by atoms with Gasteiger partial charge < -0.3 is 4.90 Å². The maximum absolute atomic E-state index is 12.6. The molecule has 19 heavy (non-hydrogen) atoms. The number of aromatic nitrogens is 2. The molecule has 1 saturated carbocycles. The van der Waals surface area contributed by atoms with Crippen molar-refractivity contribution in [2.45, 2.75) is 32.4 Å². The lowest BCUT2D eigenvalue weighted by Gasteiger charge is -2.21. The van der Waals surface area contributed by atoms with Crippen LogP contribution in [0.25, 0.3) is 0 Å². The highest BCUT2D eigenvalue weighted by molar-refractivity contribution is 7.03. The molecule has 0 saturated heterocycles. The molecule has 2 aromatic rings. The van der Waals surface area contributed by atoms with Crippen LogP contribution in [0.1, 0.15) is 34.6 Å². The van der Waals surface area contributed by atoms with Gasteiger partial charge in [0.1, 0.15) is 0 Å². The average molecular weight is 273 g/mol.